The van der Waals surface area contributed by atoms with Crippen LogP contribution in [0, 0.1) is 6.92 Å². The molecular formula is C17H20O3. The average molecular weight is 272 g/mol. The SMILES string of the molecule is COC(OC)c1ccc(C)c(OCc2ccccc2)c1. The molecule has 0 radical (unpaired) electrons. The van der Waals surface area contributed by atoms with Crippen molar-refractivity contribution in [3.05, 3.63) is 65.2 Å². The van der Waals surface area contributed by atoms with E-state index < -0.39 is 0 Å². The van der Waals surface area contributed by atoms with Crippen LogP contribution in [-0.4, -0.2) is 14.2 Å². The van der Waals surface area contributed by atoms with Crippen molar-refractivity contribution in [2.75, 3.05) is 14.2 Å². The smallest absolute Gasteiger partial charge is 0.183 e. The van der Waals surface area contributed by atoms with Gasteiger partial charge in [0.25, 0.3) is 0 Å². The highest BCUT2D eigenvalue weighted by atomic mass is 16.7. The quantitative estimate of drug-likeness (QED) is 0.747. The summed E-state index contributed by atoms with van der Waals surface area (Å²) < 4.78 is 16.4. The third-order valence-corrected chi connectivity index (χ3v) is 3.15. The Morgan fingerprint density at radius 3 is 2.30 bits per heavy atom. The molecule has 0 spiro atoms. The van der Waals surface area contributed by atoms with Crippen LogP contribution in [0.15, 0.2) is 48.5 Å². The lowest BCUT2D eigenvalue weighted by molar-refractivity contribution is -0.106. The minimum absolute atomic E-state index is 0.366. The van der Waals surface area contributed by atoms with Crippen LogP contribution >= 0.6 is 0 Å². The molecule has 2 aromatic rings. The Kier molecular flexibility index (Phi) is 5.16. The van der Waals surface area contributed by atoms with Gasteiger partial charge in [-0.05, 0) is 24.1 Å². The fourth-order valence-electron chi connectivity index (χ4n) is 2.02. The van der Waals surface area contributed by atoms with Crippen LogP contribution < -0.4 is 4.74 Å². The maximum atomic E-state index is 5.89. The van der Waals surface area contributed by atoms with Crippen molar-refractivity contribution in [1.82, 2.24) is 0 Å². The predicted molar refractivity (Wildman–Crippen MR) is 78.7 cm³/mol. The monoisotopic (exact) mass is 272 g/mol. The summed E-state index contributed by atoms with van der Waals surface area (Å²) in [4.78, 5) is 0. The van der Waals surface area contributed by atoms with Crippen LogP contribution in [0.25, 0.3) is 0 Å². The summed E-state index contributed by atoms with van der Waals surface area (Å²) in [6.45, 7) is 2.58. The lowest BCUT2D eigenvalue weighted by Gasteiger charge is -2.16. The lowest BCUT2D eigenvalue weighted by atomic mass is 10.1. The van der Waals surface area contributed by atoms with E-state index in [4.69, 9.17) is 14.2 Å². The molecule has 2 rings (SSSR count). The van der Waals surface area contributed by atoms with Crippen molar-refractivity contribution in [1.29, 1.82) is 0 Å². The number of rotatable bonds is 6. The van der Waals surface area contributed by atoms with Crippen molar-refractivity contribution in [2.45, 2.75) is 19.8 Å². The van der Waals surface area contributed by atoms with Gasteiger partial charge >= 0.3 is 0 Å². The standard InChI is InChI=1S/C17H20O3/c1-13-9-10-15(17(18-2)19-3)11-16(13)20-12-14-7-5-4-6-8-14/h4-11,17H,12H2,1-3H3. The number of aryl methyl sites for hydroxylation is 1. The van der Waals surface area contributed by atoms with E-state index in [0.717, 1.165) is 22.4 Å². The van der Waals surface area contributed by atoms with Gasteiger partial charge in [0, 0.05) is 19.8 Å². The number of ether oxygens (including phenoxy) is 3. The molecule has 3 nitrogen and oxygen atoms in total. The number of methoxy groups -OCH3 is 2. The molecule has 2 aromatic carbocycles. The Morgan fingerprint density at radius 2 is 1.65 bits per heavy atom. The zero-order valence-electron chi connectivity index (χ0n) is 12.1. The highest BCUT2D eigenvalue weighted by molar-refractivity contribution is 5.37. The van der Waals surface area contributed by atoms with Crippen LogP contribution in [0.1, 0.15) is 23.0 Å². The first-order chi connectivity index (χ1) is 9.74. The largest absolute Gasteiger partial charge is 0.489 e. The molecule has 0 saturated heterocycles. The van der Waals surface area contributed by atoms with E-state index in [1.165, 1.54) is 0 Å². The van der Waals surface area contributed by atoms with E-state index in [1.54, 1.807) is 14.2 Å². The van der Waals surface area contributed by atoms with E-state index in [-0.39, 0.29) is 6.29 Å². The fourth-order valence-corrected chi connectivity index (χ4v) is 2.02. The van der Waals surface area contributed by atoms with Gasteiger partial charge in [-0.1, -0.05) is 42.5 Å². The first kappa shape index (κ1) is 14.6. The molecule has 0 unspecified atom stereocenters. The fraction of sp³-hybridized carbons (Fsp3) is 0.294. The summed E-state index contributed by atoms with van der Waals surface area (Å²) in [5.41, 5.74) is 3.19. The van der Waals surface area contributed by atoms with E-state index in [1.807, 2.05) is 55.5 Å². The maximum absolute atomic E-state index is 5.89. The zero-order valence-corrected chi connectivity index (χ0v) is 12.1. The molecule has 3 heteroatoms. The molecule has 0 atom stereocenters. The molecule has 0 bridgehead atoms. The van der Waals surface area contributed by atoms with E-state index in [2.05, 4.69) is 0 Å². The summed E-state index contributed by atoms with van der Waals surface area (Å²) in [6, 6.07) is 16.1. The second-order valence-corrected chi connectivity index (χ2v) is 4.60. The molecule has 0 saturated carbocycles. The van der Waals surface area contributed by atoms with Gasteiger partial charge in [-0.25, -0.2) is 0 Å². The van der Waals surface area contributed by atoms with Crippen LogP contribution in [-0.2, 0) is 16.1 Å². The van der Waals surface area contributed by atoms with Crippen LogP contribution in [0.3, 0.4) is 0 Å². The minimum Gasteiger partial charge on any atom is -0.489 e. The second kappa shape index (κ2) is 7.08. The van der Waals surface area contributed by atoms with Gasteiger partial charge in [-0.15, -0.1) is 0 Å². The van der Waals surface area contributed by atoms with E-state index in [9.17, 15) is 0 Å². The highest BCUT2D eigenvalue weighted by Crippen LogP contribution is 2.26. The van der Waals surface area contributed by atoms with Crippen molar-refractivity contribution < 1.29 is 14.2 Å². The molecule has 0 aromatic heterocycles. The Labute approximate surface area is 120 Å². The molecule has 0 aliphatic rings. The third-order valence-electron chi connectivity index (χ3n) is 3.15. The van der Waals surface area contributed by atoms with Gasteiger partial charge in [-0.2, -0.15) is 0 Å². The normalized spacial score (nSPS) is 10.8. The van der Waals surface area contributed by atoms with Crippen molar-refractivity contribution in [3.8, 4) is 5.75 Å². The minimum atomic E-state index is -0.366. The van der Waals surface area contributed by atoms with E-state index in [0.29, 0.717) is 6.61 Å². The van der Waals surface area contributed by atoms with Gasteiger partial charge in [0.2, 0.25) is 0 Å². The first-order valence-corrected chi connectivity index (χ1v) is 6.57. The summed E-state index contributed by atoms with van der Waals surface area (Å²) >= 11 is 0. The molecule has 0 amide bonds. The lowest BCUT2D eigenvalue weighted by Crippen LogP contribution is -2.05. The Balaban J connectivity index is 2.12. The Bertz CT molecular complexity index is 533. The van der Waals surface area contributed by atoms with Crippen molar-refractivity contribution >= 4 is 0 Å². The molecule has 106 valence electrons. The van der Waals surface area contributed by atoms with E-state index >= 15 is 0 Å². The number of hydrogen-bond donors (Lipinski definition) is 0. The van der Waals surface area contributed by atoms with Crippen LogP contribution in [0.2, 0.25) is 0 Å². The molecule has 0 aliphatic heterocycles. The van der Waals surface area contributed by atoms with Gasteiger partial charge in [-0.3, -0.25) is 0 Å². The van der Waals surface area contributed by atoms with Gasteiger partial charge in [0.1, 0.15) is 12.4 Å². The van der Waals surface area contributed by atoms with Gasteiger partial charge < -0.3 is 14.2 Å². The van der Waals surface area contributed by atoms with Crippen LogP contribution in [0.5, 0.6) is 5.75 Å². The molecular weight excluding hydrogens is 252 g/mol. The molecule has 0 N–H and O–H groups in total. The highest BCUT2D eigenvalue weighted by Gasteiger charge is 2.11. The van der Waals surface area contributed by atoms with Crippen LogP contribution in [0.4, 0.5) is 0 Å². The zero-order chi connectivity index (χ0) is 14.4. The average Bonchev–Trinajstić information content (AvgIpc) is 2.49. The summed E-state index contributed by atoms with van der Waals surface area (Å²) in [5.74, 6) is 0.852. The molecule has 0 fully saturated rings. The first-order valence-electron chi connectivity index (χ1n) is 6.57. The maximum Gasteiger partial charge on any atom is 0.183 e. The second-order valence-electron chi connectivity index (χ2n) is 4.60. The Hall–Kier alpha value is -1.84. The van der Waals surface area contributed by atoms with Gasteiger partial charge in [0.15, 0.2) is 6.29 Å². The Morgan fingerprint density at radius 1 is 0.950 bits per heavy atom. The number of benzene rings is 2. The molecule has 20 heavy (non-hydrogen) atoms. The topological polar surface area (TPSA) is 27.7 Å². The van der Waals surface area contributed by atoms with Gasteiger partial charge in [0.05, 0.1) is 0 Å². The summed E-state index contributed by atoms with van der Waals surface area (Å²) in [7, 11) is 3.25. The predicted octanol–water partition coefficient (Wildman–Crippen LogP) is 3.87. The third kappa shape index (κ3) is 3.59. The molecule has 0 heterocycles. The van der Waals surface area contributed by atoms with Crippen molar-refractivity contribution in [2.24, 2.45) is 0 Å². The number of hydrogen-bond acceptors (Lipinski definition) is 3. The summed E-state index contributed by atoms with van der Waals surface area (Å²) in [5, 5.41) is 0. The summed E-state index contributed by atoms with van der Waals surface area (Å²) in [6.07, 6.45) is -0.366. The van der Waals surface area contributed by atoms with Crippen molar-refractivity contribution in [3.63, 3.8) is 0 Å². The molecule has 0 aliphatic carbocycles.